The summed E-state index contributed by atoms with van der Waals surface area (Å²) in [6.07, 6.45) is 1.92. The zero-order chi connectivity index (χ0) is 14.3. The lowest BCUT2D eigenvalue weighted by atomic mass is 10.1. The summed E-state index contributed by atoms with van der Waals surface area (Å²) >= 11 is 7.51. The molecule has 2 heterocycles. The third kappa shape index (κ3) is 2.23. The summed E-state index contributed by atoms with van der Waals surface area (Å²) in [6.45, 7) is 1.99. The van der Waals surface area contributed by atoms with E-state index in [0.29, 0.717) is 10.2 Å². The van der Waals surface area contributed by atoms with Crippen molar-refractivity contribution in [1.29, 1.82) is 0 Å². The van der Waals surface area contributed by atoms with Gasteiger partial charge in [0.1, 0.15) is 0 Å². The van der Waals surface area contributed by atoms with Gasteiger partial charge in [-0.3, -0.25) is 0 Å². The van der Waals surface area contributed by atoms with Crippen LogP contribution in [0.25, 0.3) is 22.2 Å². The first-order valence-corrected chi connectivity index (χ1v) is 7.08. The molecule has 0 aliphatic carbocycles. The van der Waals surface area contributed by atoms with Gasteiger partial charge in [0.15, 0.2) is 5.96 Å². The van der Waals surface area contributed by atoms with Gasteiger partial charge < -0.3 is 16.5 Å². The van der Waals surface area contributed by atoms with Crippen LogP contribution in [-0.2, 0) is 0 Å². The van der Waals surface area contributed by atoms with E-state index in [-0.39, 0.29) is 5.96 Å². The molecule has 0 saturated heterocycles. The van der Waals surface area contributed by atoms with Gasteiger partial charge in [-0.25, -0.2) is 4.98 Å². The maximum Gasteiger partial charge on any atom is 0.213 e. The number of aliphatic imine (C=N–C) groups is 1. The minimum Gasteiger partial charge on any atom is -0.370 e. The van der Waals surface area contributed by atoms with Crippen molar-refractivity contribution in [2.24, 2.45) is 16.5 Å². The number of aryl methyl sites for hydroxylation is 1. The SMILES string of the molecule is Cc1sc(N=C(N)N)nc1-c1c[nH]c2ccc(Cl)cc12. The normalized spacial score (nSPS) is 10.9. The van der Waals surface area contributed by atoms with Crippen LogP contribution in [0.4, 0.5) is 5.13 Å². The third-order valence-corrected chi connectivity index (χ3v) is 4.01. The van der Waals surface area contributed by atoms with E-state index in [4.69, 9.17) is 23.1 Å². The van der Waals surface area contributed by atoms with Crippen molar-refractivity contribution < 1.29 is 0 Å². The zero-order valence-electron chi connectivity index (χ0n) is 10.6. The average molecular weight is 306 g/mol. The molecule has 0 atom stereocenters. The summed E-state index contributed by atoms with van der Waals surface area (Å²) in [7, 11) is 0. The molecule has 0 spiro atoms. The summed E-state index contributed by atoms with van der Waals surface area (Å²) in [6, 6.07) is 5.71. The van der Waals surface area contributed by atoms with E-state index in [1.807, 2.05) is 31.3 Å². The largest absolute Gasteiger partial charge is 0.370 e. The minimum absolute atomic E-state index is 0.00673. The van der Waals surface area contributed by atoms with Crippen molar-refractivity contribution in [2.75, 3.05) is 0 Å². The van der Waals surface area contributed by atoms with Crippen LogP contribution >= 0.6 is 22.9 Å². The Bertz CT molecular complexity index is 813. The van der Waals surface area contributed by atoms with Crippen LogP contribution in [0.3, 0.4) is 0 Å². The molecule has 5 N–H and O–H groups in total. The van der Waals surface area contributed by atoms with Crippen LogP contribution in [0.1, 0.15) is 4.88 Å². The highest BCUT2D eigenvalue weighted by Crippen LogP contribution is 2.36. The van der Waals surface area contributed by atoms with Crippen molar-refractivity contribution in [3.63, 3.8) is 0 Å². The zero-order valence-corrected chi connectivity index (χ0v) is 12.2. The second-order valence-electron chi connectivity index (χ2n) is 4.33. The van der Waals surface area contributed by atoms with Crippen molar-refractivity contribution in [3.8, 4) is 11.3 Å². The fourth-order valence-corrected chi connectivity index (χ4v) is 3.07. The number of thiazole rings is 1. The van der Waals surface area contributed by atoms with Crippen molar-refractivity contribution in [3.05, 3.63) is 34.3 Å². The lowest BCUT2D eigenvalue weighted by Crippen LogP contribution is -2.21. The Morgan fingerprint density at radius 1 is 1.40 bits per heavy atom. The number of hydrogen-bond donors (Lipinski definition) is 3. The summed E-state index contributed by atoms with van der Waals surface area (Å²) < 4.78 is 0. The van der Waals surface area contributed by atoms with Gasteiger partial charge in [0, 0.05) is 32.6 Å². The monoisotopic (exact) mass is 305 g/mol. The van der Waals surface area contributed by atoms with Crippen LogP contribution in [0.15, 0.2) is 29.4 Å². The predicted octanol–water partition coefficient (Wildman–Crippen LogP) is 3.16. The van der Waals surface area contributed by atoms with E-state index in [1.165, 1.54) is 11.3 Å². The molecule has 3 aromatic rings. The molecular formula is C13H12ClN5S. The van der Waals surface area contributed by atoms with Crippen LogP contribution < -0.4 is 11.5 Å². The topological polar surface area (TPSA) is 93.1 Å². The van der Waals surface area contributed by atoms with Gasteiger partial charge in [0.05, 0.1) is 5.69 Å². The number of fused-ring (bicyclic) bond motifs is 1. The number of aromatic amines is 1. The van der Waals surface area contributed by atoms with Gasteiger partial charge in [-0.15, -0.1) is 0 Å². The maximum absolute atomic E-state index is 6.06. The number of guanidine groups is 1. The maximum atomic E-state index is 6.06. The van der Waals surface area contributed by atoms with Crippen LogP contribution in [0.5, 0.6) is 0 Å². The number of nitrogens with zero attached hydrogens (tertiary/aromatic N) is 2. The fourth-order valence-electron chi connectivity index (χ4n) is 2.08. The number of H-pyrrole nitrogens is 1. The second-order valence-corrected chi connectivity index (χ2v) is 5.95. The first kappa shape index (κ1) is 13.0. The highest BCUT2D eigenvalue weighted by atomic mass is 35.5. The first-order chi connectivity index (χ1) is 9.54. The van der Waals surface area contributed by atoms with Gasteiger partial charge in [0.2, 0.25) is 5.13 Å². The molecule has 1 aromatic carbocycles. The van der Waals surface area contributed by atoms with E-state index in [2.05, 4.69) is 15.0 Å². The molecule has 20 heavy (non-hydrogen) atoms. The summed E-state index contributed by atoms with van der Waals surface area (Å²) in [5, 5.41) is 2.27. The van der Waals surface area contributed by atoms with Crippen LogP contribution in [0, 0.1) is 6.92 Å². The lowest BCUT2D eigenvalue weighted by molar-refractivity contribution is 1.32. The minimum atomic E-state index is 0.00673. The van der Waals surface area contributed by atoms with Crippen molar-refractivity contribution >= 4 is 44.9 Å². The van der Waals surface area contributed by atoms with Gasteiger partial charge >= 0.3 is 0 Å². The second kappa shape index (κ2) is 4.81. The van der Waals surface area contributed by atoms with Gasteiger partial charge in [-0.2, -0.15) is 4.99 Å². The number of halogens is 1. The molecular weight excluding hydrogens is 294 g/mol. The van der Waals surface area contributed by atoms with Crippen molar-refractivity contribution in [1.82, 2.24) is 9.97 Å². The Labute approximate surface area is 124 Å². The Morgan fingerprint density at radius 3 is 2.95 bits per heavy atom. The highest BCUT2D eigenvalue weighted by molar-refractivity contribution is 7.15. The Morgan fingerprint density at radius 2 is 2.20 bits per heavy atom. The Hall–Kier alpha value is -2.05. The number of aromatic nitrogens is 2. The highest BCUT2D eigenvalue weighted by Gasteiger charge is 2.14. The van der Waals surface area contributed by atoms with E-state index in [9.17, 15) is 0 Å². The summed E-state index contributed by atoms with van der Waals surface area (Å²) in [5.74, 6) is 0.00673. The third-order valence-electron chi connectivity index (χ3n) is 2.91. The molecule has 0 bridgehead atoms. The average Bonchev–Trinajstić information content (AvgIpc) is 2.91. The Kier molecular flexibility index (Phi) is 3.11. The molecule has 0 aliphatic rings. The number of hydrogen-bond acceptors (Lipinski definition) is 3. The van der Waals surface area contributed by atoms with E-state index < -0.39 is 0 Å². The van der Waals surface area contributed by atoms with Crippen molar-refractivity contribution in [2.45, 2.75) is 6.92 Å². The van der Waals surface area contributed by atoms with Gasteiger partial charge in [-0.05, 0) is 25.1 Å². The van der Waals surface area contributed by atoms with Gasteiger partial charge in [0.25, 0.3) is 0 Å². The predicted molar refractivity (Wildman–Crippen MR) is 84.6 cm³/mol. The quantitative estimate of drug-likeness (QED) is 0.501. The van der Waals surface area contributed by atoms with E-state index in [0.717, 1.165) is 27.0 Å². The molecule has 102 valence electrons. The standard InChI is InChI=1S/C13H12ClN5S/c1-6-11(18-13(20-6)19-12(15)16)9-5-17-10-3-2-7(14)4-8(9)10/h2-5,17H,1H3,(H4,15,16,18,19). The number of nitrogens with two attached hydrogens (primary N) is 2. The Balaban J connectivity index is 2.18. The molecule has 5 nitrogen and oxygen atoms in total. The van der Waals surface area contributed by atoms with E-state index >= 15 is 0 Å². The smallest absolute Gasteiger partial charge is 0.213 e. The molecule has 0 aliphatic heterocycles. The van der Waals surface area contributed by atoms with Crippen LogP contribution in [0.2, 0.25) is 5.02 Å². The fraction of sp³-hybridized carbons (Fsp3) is 0.0769. The molecule has 0 amide bonds. The van der Waals surface area contributed by atoms with E-state index in [1.54, 1.807) is 0 Å². The molecule has 3 rings (SSSR count). The number of rotatable bonds is 2. The molecule has 0 saturated carbocycles. The van der Waals surface area contributed by atoms with Gasteiger partial charge in [-0.1, -0.05) is 22.9 Å². The first-order valence-electron chi connectivity index (χ1n) is 5.88. The number of benzene rings is 1. The molecule has 0 fully saturated rings. The molecule has 2 aromatic heterocycles. The molecule has 0 unspecified atom stereocenters. The molecule has 7 heteroatoms. The summed E-state index contributed by atoms with van der Waals surface area (Å²) in [5.41, 5.74) is 13.6. The lowest BCUT2D eigenvalue weighted by Gasteiger charge is -1.97. The molecule has 0 radical (unpaired) electrons. The number of nitrogens with one attached hydrogen (secondary N) is 1. The van der Waals surface area contributed by atoms with Crippen LogP contribution in [-0.4, -0.2) is 15.9 Å². The summed E-state index contributed by atoms with van der Waals surface area (Å²) in [4.78, 5) is 12.7.